The summed E-state index contributed by atoms with van der Waals surface area (Å²) in [5.41, 5.74) is 0. The smallest absolute Gasteiger partial charge is 0.120 e. The highest BCUT2D eigenvalue weighted by Gasteiger charge is 2.12. The van der Waals surface area contributed by atoms with E-state index in [2.05, 4.69) is 45.1 Å². The molecule has 0 aliphatic rings. The first-order chi connectivity index (χ1) is 7.17. The van der Waals surface area contributed by atoms with Crippen molar-refractivity contribution in [2.45, 2.75) is 59.0 Å². The Kier molecular flexibility index (Phi) is 4.89. The van der Waals surface area contributed by atoms with E-state index < -0.39 is 0 Å². The normalized spacial score (nSPS) is 15.2. The summed E-state index contributed by atoms with van der Waals surface area (Å²) in [5.74, 6) is 2.12. The molecule has 0 saturated carbocycles. The second-order valence-electron chi connectivity index (χ2n) is 4.24. The zero-order valence-corrected chi connectivity index (χ0v) is 10.3. The summed E-state index contributed by atoms with van der Waals surface area (Å²) < 4.78 is 5.71. The van der Waals surface area contributed by atoms with Crippen LogP contribution in [0.2, 0.25) is 0 Å². The number of hydrogen-bond donors (Lipinski definition) is 1. The largest absolute Gasteiger partial charge is 0.464 e. The highest BCUT2D eigenvalue weighted by atomic mass is 16.3. The first kappa shape index (κ1) is 12.3. The van der Waals surface area contributed by atoms with Gasteiger partial charge in [0.15, 0.2) is 0 Å². The molecule has 0 radical (unpaired) electrons. The second kappa shape index (κ2) is 5.96. The van der Waals surface area contributed by atoms with E-state index >= 15 is 0 Å². The van der Waals surface area contributed by atoms with Crippen LogP contribution in [0.3, 0.4) is 0 Å². The molecule has 2 nitrogen and oxygen atoms in total. The third-order valence-electron chi connectivity index (χ3n) is 2.71. The van der Waals surface area contributed by atoms with Crippen molar-refractivity contribution in [1.82, 2.24) is 5.32 Å². The molecule has 2 atom stereocenters. The highest BCUT2D eigenvalue weighted by molar-refractivity contribution is 5.10. The van der Waals surface area contributed by atoms with Gasteiger partial charge in [-0.25, -0.2) is 0 Å². The van der Waals surface area contributed by atoms with Gasteiger partial charge in [-0.15, -0.1) is 0 Å². The van der Waals surface area contributed by atoms with Crippen LogP contribution in [0.5, 0.6) is 0 Å². The molecule has 0 spiro atoms. The Bertz CT molecular complexity index is 280. The Hall–Kier alpha value is -0.760. The maximum Gasteiger partial charge on any atom is 0.120 e. The zero-order valence-electron chi connectivity index (χ0n) is 10.3. The maximum absolute atomic E-state index is 5.71. The van der Waals surface area contributed by atoms with E-state index in [1.807, 2.05) is 0 Å². The third kappa shape index (κ3) is 3.71. The minimum atomic E-state index is 0.312. The van der Waals surface area contributed by atoms with Crippen molar-refractivity contribution in [2.75, 3.05) is 0 Å². The summed E-state index contributed by atoms with van der Waals surface area (Å²) in [4.78, 5) is 0. The Morgan fingerprint density at radius 2 is 2.00 bits per heavy atom. The van der Waals surface area contributed by atoms with E-state index in [-0.39, 0.29) is 0 Å². The molecule has 0 fully saturated rings. The molecule has 86 valence electrons. The fraction of sp³-hybridized carbons (Fsp3) is 0.692. The lowest BCUT2D eigenvalue weighted by atomic mass is 10.1. The lowest BCUT2D eigenvalue weighted by molar-refractivity contribution is 0.375. The van der Waals surface area contributed by atoms with Crippen LogP contribution >= 0.6 is 0 Å². The molecule has 0 aromatic carbocycles. The van der Waals surface area contributed by atoms with E-state index in [0.29, 0.717) is 12.1 Å². The molecule has 0 amide bonds. The lowest BCUT2D eigenvalue weighted by Crippen LogP contribution is -2.28. The maximum atomic E-state index is 5.71. The van der Waals surface area contributed by atoms with Crippen molar-refractivity contribution < 1.29 is 4.42 Å². The average molecular weight is 209 g/mol. The molecule has 1 aromatic heterocycles. The molecule has 0 bridgehead atoms. The van der Waals surface area contributed by atoms with E-state index in [9.17, 15) is 0 Å². The summed E-state index contributed by atoms with van der Waals surface area (Å²) in [7, 11) is 0. The second-order valence-corrected chi connectivity index (χ2v) is 4.24. The van der Waals surface area contributed by atoms with Gasteiger partial charge in [-0.05, 0) is 32.4 Å². The van der Waals surface area contributed by atoms with Crippen LogP contribution in [-0.2, 0) is 6.42 Å². The molecular weight excluding hydrogens is 186 g/mol. The third-order valence-corrected chi connectivity index (χ3v) is 2.71. The van der Waals surface area contributed by atoms with Crippen LogP contribution in [0.25, 0.3) is 0 Å². The number of hydrogen-bond acceptors (Lipinski definition) is 2. The molecule has 15 heavy (non-hydrogen) atoms. The van der Waals surface area contributed by atoms with Crippen LogP contribution in [0.1, 0.15) is 58.1 Å². The van der Waals surface area contributed by atoms with E-state index in [4.69, 9.17) is 4.42 Å². The first-order valence-corrected chi connectivity index (χ1v) is 6.02. The molecule has 2 heteroatoms. The summed E-state index contributed by atoms with van der Waals surface area (Å²) in [6, 6.07) is 5.01. The van der Waals surface area contributed by atoms with Gasteiger partial charge in [-0.2, -0.15) is 0 Å². The Morgan fingerprint density at radius 1 is 1.27 bits per heavy atom. The fourth-order valence-corrected chi connectivity index (χ4v) is 1.84. The van der Waals surface area contributed by atoms with E-state index in [1.165, 1.54) is 12.8 Å². The summed E-state index contributed by atoms with van der Waals surface area (Å²) in [6.45, 7) is 8.71. The monoisotopic (exact) mass is 209 g/mol. The molecule has 1 rings (SSSR count). The van der Waals surface area contributed by atoms with Crippen molar-refractivity contribution in [3.05, 3.63) is 23.7 Å². The Morgan fingerprint density at radius 3 is 2.53 bits per heavy atom. The average Bonchev–Trinajstić information content (AvgIpc) is 2.66. The van der Waals surface area contributed by atoms with Crippen LogP contribution in [0.4, 0.5) is 0 Å². The number of aryl methyl sites for hydroxylation is 1. The topological polar surface area (TPSA) is 25.2 Å². The molecule has 1 heterocycles. The molecule has 1 N–H and O–H groups in total. The summed E-state index contributed by atoms with van der Waals surface area (Å²) in [5, 5.41) is 3.54. The van der Waals surface area contributed by atoms with Gasteiger partial charge in [0.25, 0.3) is 0 Å². The van der Waals surface area contributed by atoms with Crippen LogP contribution in [-0.4, -0.2) is 6.04 Å². The molecule has 2 unspecified atom stereocenters. The van der Waals surface area contributed by atoms with Gasteiger partial charge in [-0.1, -0.05) is 20.3 Å². The van der Waals surface area contributed by atoms with Crippen molar-refractivity contribution in [1.29, 1.82) is 0 Å². The fourth-order valence-electron chi connectivity index (χ4n) is 1.84. The highest BCUT2D eigenvalue weighted by Crippen LogP contribution is 2.17. The summed E-state index contributed by atoms with van der Waals surface area (Å²) in [6.07, 6.45) is 3.40. The minimum Gasteiger partial charge on any atom is -0.464 e. The van der Waals surface area contributed by atoms with Crippen LogP contribution in [0.15, 0.2) is 16.5 Å². The Balaban J connectivity index is 2.49. The predicted octanol–water partition coefficient (Wildman–Crippen LogP) is 3.68. The minimum absolute atomic E-state index is 0.312. The van der Waals surface area contributed by atoms with Gasteiger partial charge in [0.05, 0.1) is 6.04 Å². The molecule has 0 aliphatic heterocycles. The summed E-state index contributed by atoms with van der Waals surface area (Å²) >= 11 is 0. The number of rotatable bonds is 6. The van der Waals surface area contributed by atoms with Crippen molar-refractivity contribution in [3.63, 3.8) is 0 Å². The number of furan rings is 1. The quantitative estimate of drug-likeness (QED) is 0.773. The van der Waals surface area contributed by atoms with Crippen LogP contribution in [0, 0.1) is 0 Å². The predicted molar refractivity (Wildman–Crippen MR) is 64.0 cm³/mol. The SMILES string of the molecule is CCCC(C)NC(C)c1ccc(CC)o1. The number of nitrogens with one attached hydrogen (secondary N) is 1. The standard InChI is InChI=1S/C13H23NO/c1-5-7-10(3)14-11(4)13-9-8-12(6-2)15-13/h8-11,14H,5-7H2,1-4H3. The Labute approximate surface area is 93.1 Å². The van der Waals surface area contributed by atoms with Gasteiger partial charge in [0.1, 0.15) is 11.5 Å². The zero-order chi connectivity index (χ0) is 11.3. The molecule has 1 aromatic rings. The van der Waals surface area contributed by atoms with Gasteiger partial charge >= 0.3 is 0 Å². The first-order valence-electron chi connectivity index (χ1n) is 6.02. The van der Waals surface area contributed by atoms with E-state index in [1.54, 1.807) is 0 Å². The van der Waals surface area contributed by atoms with Gasteiger partial charge in [0, 0.05) is 12.5 Å². The van der Waals surface area contributed by atoms with Crippen molar-refractivity contribution >= 4 is 0 Å². The molecular formula is C13H23NO. The molecule has 0 saturated heterocycles. The van der Waals surface area contributed by atoms with Crippen molar-refractivity contribution in [3.8, 4) is 0 Å². The van der Waals surface area contributed by atoms with Gasteiger partial charge < -0.3 is 9.73 Å². The molecule has 0 aliphatic carbocycles. The van der Waals surface area contributed by atoms with E-state index in [0.717, 1.165) is 17.9 Å². The van der Waals surface area contributed by atoms with Crippen LogP contribution < -0.4 is 5.32 Å². The van der Waals surface area contributed by atoms with Crippen molar-refractivity contribution in [2.24, 2.45) is 0 Å². The lowest BCUT2D eigenvalue weighted by Gasteiger charge is -2.17. The van der Waals surface area contributed by atoms with Gasteiger partial charge in [0.2, 0.25) is 0 Å². The van der Waals surface area contributed by atoms with Gasteiger partial charge in [-0.3, -0.25) is 0 Å².